The Morgan fingerprint density at radius 1 is 0.846 bits per heavy atom. The molecule has 0 spiro atoms. The Morgan fingerprint density at radius 2 is 1.35 bits per heavy atom. The Morgan fingerprint density at radius 3 is 1.77 bits per heavy atom. The lowest BCUT2D eigenvalue weighted by molar-refractivity contribution is 0.259. The summed E-state index contributed by atoms with van der Waals surface area (Å²) < 4.78 is 68.2. The molecule has 0 N–H and O–H groups in total. The average Bonchev–Trinajstić information content (AvgIpc) is 2.61. The van der Waals surface area contributed by atoms with Crippen LogP contribution in [-0.2, 0) is 9.09 Å². The van der Waals surface area contributed by atoms with E-state index in [2.05, 4.69) is 0 Å². The van der Waals surface area contributed by atoms with Crippen molar-refractivity contribution < 1.29 is 31.3 Å². The Kier molecular flexibility index (Phi) is 5.38. The quantitative estimate of drug-likeness (QED) is 0.599. The van der Waals surface area contributed by atoms with Gasteiger partial charge in [0, 0.05) is 6.42 Å². The molecule has 0 bridgehead atoms. The molecule has 2 aromatic rings. The number of hydrogen-bond donors (Lipinski definition) is 0. The van der Waals surface area contributed by atoms with Crippen molar-refractivity contribution >= 4 is 7.82 Å². The summed E-state index contributed by atoms with van der Waals surface area (Å²) in [7, 11) is -4.27. The molecule has 0 amide bonds. The van der Waals surface area contributed by atoms with Gasteiger partial charge in [-0.2, -0.15) is 4.57 Å². The van der Waals surface area contributed by atoms with Crippen LogP contribution in [0.2, 0.25) is 0 Å². The first-order valence-corrected chi connectivity index (χ1v) is 9.10. The van der Waals surface area contributed by atoms with Gasteiger partial charge in [0.25, 0.3) is 0 Å². The predicted octanol–water partition coefficient (Wildman–Crippen LogP) is 5.73. The van der Waals surface area contributed by atoms with E-state index in [-0.39, 0.29) is 23.7 Å². The van der Waals surface area contributed by atoms with E-state index in [9.17, 15) is 17.7 Å². The molecule has 0 aliphatic heterocycles. The largest absolute Gasteiger partial charge is 0.647 e. The zero-order valence-corrected chi connectivity index (χ0v) is 14.2. The summed E-state index contributed by atoms with van der Waals surface area (Å²) in [6.07, 6.45) is 2.86. The molecular formula is C18H14F3O4P. The second kappa shape index (κ2) is 7.70. The van der Waals surface area contributed by atoms with Crippen LogP contribution in [0.3, 0.4) is 0 Å². The second-order valence-corrected chi connectivity index (χ2v) is 6.79. The van der Waals surface area contributed by atoms with E-state index in [0.29, 0.717) is 0 Å². The number of allylic oxidation sites excluding steroid dienone is 3. The molecule has 0 radical (unpaired) electrons. The van der Waals surface area contributed by atoms with Gasteiger partial charge in [-0.25, -0.2) is 13.2 Å². The summed E-state index contributed by atoms with van der Waals surface area (Å²) in [6.45, 7) is 0. The topological polar surface area (TPSA) is 44.8 Å². The molecule has 1 atom stereocenters. The van der Waals surface area contributed by atoms with E-state index >= 15 is 0 Å². The van der Waals surface area contributed by atoms with E-state index in [4.69, 9.17) is 13.6 Å². The number of phosphoric acid groups is 1. The van der Waals surface area contributed by atoms with Crippen LogP contribution in [0.1, 0.15) is 6.42 Å². The highest BCUT2D eigenvalue weighted by molar-refractivity contribution is 7.49. The van der Waals surface area contributed by atoms with Gasteiger partial charge in [0.2, 0.25) is 0 Å². The fourth-order valence-corrected chi connectivity index (χ4v) is 3.34. The van der Waals surface area contributed by atoms with Crippen molar-refractivity contribution in [1.29, 1.82) is 0 Å². The normalized spacial score (nSPS) is 16.7. The van der Waals surface area contributed by atoms with E-state index in [1.54, 1.807) is 0 Å². The van der Waals surface area contributed by atoms with Gasteiger partial charge in [-0.1, -0.05) is 0 Å². The minimum absolute atomic E-state index is 0.0422. The minimum Gasteiger partial charge on any atom is -0.386 e. The second-order valence-electron chi connectivity index (χ2n) is 5.35. The highest BCUT2D eigenvalue weighted by Crippen LogP contribution is 2.51. The van der Waals surface area contributed by atoms with E-state index in [1.165, 1.54) is 42.5 Å². The highest BCUT2D eigenvalue weighted by Gasteiger charge is 2.34. The maximum absolute atomic E-state index is 13.2. The third-order valence-corrected chi connectivity index (χ3v) is 4.60. The number of rotatable bonds is 6. The molecular weight excluding hydrogens is 368 g/mol. The van der Waals surface area contributed by atoms with Crippen molar-refractivity contribution in [2.24, 2.45) is 0 Å². The van der Waals surface area contributed by atoms with Crippen LogP contribution >= 0.6 is 7.82 Å². The first-order valence-electron chi connectivity index (χ1n) is 7.64. The third kappa shape index (κ3) is 4.92. The molecule has 2 aromatic carbocycles. The van der Waals surface area contributed by atoms with Gasteiger partial charge < -0.3 is 13.6 Å². The molecule has 1 unspecified atom stereocenters. The lowest BCUT2D eigenvalue weighted by Crippen LogP contribution is -2.07. The van der Waals surface area contributed by atoms with Gasteiger partial charge in [0.15, 0.2) is 0 Å². The number of hydrogen-bond acceptors (Lipinski definition) is 4. The van der Waals surface area contributed by atoms with E-state index in [1.807, 2.05) is 0 Å². The molecule has 0 aromatic heterocycles. The van der Waals surface area contributed by atoms with Gasteiger partial charge >= 0.3 is 7.82 Å². The molecule has 3 rings (SSSR count). The number of benzene rings is 2. The number of phosphoric ester groups is 1. The van der Waals surface area contributed by atoms with Crippen LogP contribution in [0.5, 0.6) is 11.5 Å². The Balaban J connectivity index is 1.84. The van der Waals surface area contributed by atoms with Crippen molar-refractivity contribution in [2.75, 3.05) is 0 Å². The first kappa shape index (κ1) is 18.1. The van der Waals surface area contributed by atoms with Crippen LogP contribution in [0.25, 0.3) is 0 Å². The Bertz CT molecular complexity index is 812. The molecule has 4 nitrogen and oxygen atoms in total. The highest BCUT2D eigenvalue weighted by atomic mass is 31.2. The van der Waals surface area contributed by atoms with Gasteiger partial charge in [-0.3, -0.25) is 0 Å². The van der Waals surface area contributed by atoms with Crippen molar-refractivity contribution in [3.05, 3.63) is 84.2 Å². The molecule has 0 saturated heterocycles. The summed E-state index contributed by atoms with van der Waals surface area (Å²) in [6, 6.07) is 9.47. The first-order chi connectivity index (χ1) is 12.4. The monoisotopic (exact) mass is 382 g/mol. The summed E-state index contributed by atoms with van der Waals surface area (Å²) in [5.74, 6) is -0.813. The van der Waals surface area contributed by atoms with Gasteiger partial charge in [0.05, 0.1) is 0 Å². The maximum Gasteiger partial charge on any atom is 0.647 e. The molecule has 0 fully saturated rings. The van der Waals surface area contributed by atoms with Crippen LogP contribution in [0.4, 0.5) is 13.2 Å². The molecule has 8 heteroatoms. The van der Waals surface area contributed by atoms with Crippen LogP contribution in [0.15, 0.2) is 72.5 Å². The summed E-state index contributed by atoms with van der Waals surface area (Å²) in [4.78, 5) is 0. The standard InChI is InChI=1S/C18H14F3O4P/c19-13-1-7-16(8-2-13)23-26(22,24-17-9-3-14(20)4-10-17)25-18-11-5-15(21)6-12-18/h1-5,7-12,15H,6H2. The van der Waals surface area contributed by atoms with Crippen molar-refractivity contribution in [3.8, 4) is 11.5 Å². The summed E-state index contributed by atoms with van der Waals surface area (Å²) in [5, 5.41) is 0. The minimum atomic E-state index is -4.27. The Labute approximate surface area is 148 Å². The SMILES string of the molecule is O=P(OC1=CCC(F)C=C1)(Oc1ccc(F)cc1)Oc1ccc(F)cc1. The summed E-state index contributed by atoms with van der Waals surface area (Å²) >= 11 is 0. The fraction of sp³-hybridized carbons (Fsp3) is 0.111. The smallest absolute Gasteiger partial charge is 0.386 e. The molecule has 136 valence electrons. The van der Waals surface area contributed by atoms with E-state index in [0.717, 1.165) is 24.3 Å². The van der Waals surface area contributed by atoms with Gasteiger partial charge in [-0.15, -0.1) is 0 Å². The molecule has 0 saturated carbocycles. The molecule has 26 heavy (non-hydrogen) atoms. The van der Waals surface area contributed by atoms with Gasteiger partial charge in [-0.05, 0) is 66.8 Å². The van der Waals surface area contributed by atoms with Crippen LogP contribution in [0, 0.1) is 11.6 Å². The molecule has 0 heterocycles. The van der Waals surface area contributed by atoms with Crippen LogP contribution in [-0.4, -0.2) is 6.17 Å². The molecule has 1 aliphatic rings. The lowest BCUT2D eigenvalue weighted by atomic mass is 10.1. The average molecular weight is 382 g/mol. The summed E-state index contributed by atoms with van der Waals surface area (Å²) in [5.41, 5.74) is 0. The van der Waals surface area contributed by atoms with E-state index < -0.39 is 25.6 Å². The fourth-order valence-electron chi connectivity index (χ4n) is 2.08. The zero-order chi connectivity index (χ0) is 18.6. The Hall–Kier alpha value is -2.66. The van der Waals surface area contributed by atoms with Gasteiger partial charge in [0.1, 0.15) is 35.1 Å². The van der Waals surface area contributed by atoms with Crippen molar-refractivity contribution in [3.63, 3.8) is 0 Å². The number of alkyl halides is 1. The maximum atomic E-state index is 13.2. The van der Waals surface area contributed by atoms with Crippen molar-refractivity contribution in [2.45, 2.75) is 12.6 Å². The third-order valence-electron chi connectivity index (χ3n) is 3.29. The molecule has 1 aliphatic carbocycles. The van der Waals surface area contributed by atoms with Crippen LogP contribution < -0.4 is 9.05 Å². The van der Waals surface area contributed by atoms with Crippen molar-refractivity contribution in [1.82, 2.24) is 0 Å². The zero-order valence-electron chi connectivity index (χ0n) is 13.3. The number of halogens is 3. The predicted molar refractivity (Wildman–Crippen MR) is 89.5 cm³/mol. The lowest BCUT2D eigenvalue weighted by Gasteiger charge is -2.21.